The Hall–Kier alpha value is -4.68. The monoisotopic (exact) mass is 603 g/mol. The smallest absolute Gasteiger partial charge is 0.409 e. The van der Waals surface area contributed by atoms with Crippen LogP contribution < -0.4 is 5.73 Å². The topological polar surface area (TPSA) is 191 Å². The lowest BCUT2D eigenvalue weighted by atomic mass is 9.59. The van der Waals surface area contributed by atoms with Gasteiger partial charge >= 0.3 is 6.09 Å². The molecule has 1 heterocycles. The van der Waals surface area contributed by atoms with Crippen molar-refractivity contribution in [2.24, 2.45) is 17.6 Å². The first-order valence-electron chi connectivity index (χ1n) is 14.4. The highest BCUT2D eigenvalue weighted by molar-refractivity contribution is 6.22. The minimum Gasteiger partial charge on any atom is -0.508 e. The molecule has 12 heteroatoms. The highest BCUT2D eigenvalue weighted by Gasteiger charge is 2.60. The number of amides is 2. The van der Waals surface area contributed by atoms with Crippen LogP contribution >= 0.6 is 0 Å². The number of fused-ring (bicyclic) bond motifs is 3. The molecule has 44 heavy (non-hydrogen) atoms. The van der Waals surface area contributed by atoms with E-state index in [1.807, 2.05) is 24.3 Å². The second-order valence-corrected chi connectivity index (χ2v) is 11.8. The van der Waals surface area contributed by atoms with Gasteiger partial charge in [-0.2, -0.15) is 0 Å². The minimum absolute atomic E-state index is 0.0576. The zero-order valence-corrected chi connectivity index (χ0v) is 24.1. The third kappa shape index (κ3) is 4.52. The van der Waals surface area contributed by atoms with Crippen LogP contribution in [0.3, 0.4) is 0 Å². The van der Waals surface area contributed by atoms with Crippen molar-refractivity contribution in [3.8, 4) is 16.9 Å². The summed E-state index contributed by atoms with van der Waals surface area (Å²) in [4.78, 5) is 53.8. The van der Waals surface area contributed by atoms with Gasteiger partial charge in [0.15, 0.2) is 11.4 Å². The number of rotatable bonds is 4. The summed E-state index contributed by atoms with van der Waals surface area (Å²) < 4.78 is 4.80. The standard InChI is InChI=1S/C32H33N3O9/c1-44-31(42)35-10-8-34(9-11-35)15-16-2-4-17(5-3-16)20-6-7-22(36)25-21(20)13-18-12-19-14-23(37)26(30(33)41)29(40)32(19,43)28(39)24(18)27(25)38/h2-7,18-19,36,38,40,43H,8-15H2,1H3,(H2,33,41)/t18-,19+,32+/m1/s1. The number of methoxy groups -OCH3 is 1. The fourth-order valence-corrected chi connectivity index (χ4v) is 7.16. The fourth-order valence-electron chi connectivity index (χ4n) is 7.16. The molecule has 1 aliphatic heterocycles. The summed E-state index contributed by atoms with van der Waals surface area (Å²) in [5.74, 6) is -6.53. The molecule has 1 saturated carbocycles. The van der Waals surface area contributed by atoms with E-state index >= 15 is 0 Å². The first-order valence-corrected chi connectivity index (χ1v) is 14.4. The number of aliphatic hydroxyl groups excluding tert-OH is 2. The Kier molecular flexibility index (Phi) is 7.21. The number of Topliss-reactive ketones (excluding diaryl/α,β-unsaturated/α-hetero) is 2. The fraction of sp³-hybridized carbons (Fsp3) is 0.375. The van der Waals surface area contributed by atoms with Crippen molar-refractivity contribution in [1.82, 2.24) is 9.80 Å². The van der Waals surface area contributed by atoms with Gasteiger partial charge in [-0.15, -0.1) is 0 Å². The van der Waals surface area contributed by atoms with Crippen LogP contribution in [0.2, 0.25) is 0 Å². The lowest BCUT2D eigenvalue weighted by molar-refractivity contribution is -0.147. The van der Waals surface area contributed by atoms with E-state index in [0.29, 0.717) is 25.2 Å². The van der Waals surface area contributed by atoms with Crippen molar-refractivity contribution < 1.29 is 44.3 Å². The number of nitrogens with zero attached hydrogens (tertiary/aromatic N) is 2. The van der Waals surface area contributed by atoms with Crippen molar-refractivity contribution in [3.05, 3.63) is 70.0 Å². The van der Waals surface area contributed by atoms with Crippen molar-refractivity contribution in [2.75, 3.05) is 33.3 Å². The number of aliphatic hydroxyl groups is 3. The molecule has 4 aliphatic rings. The molecular weight excluding hydrogens is 570 g/mol. The van der Waals surface area contributed by atoms with E-state index in [0.717, 1.165) is 29.8 Å². The Bertz CT molecular complexity index is 1650. The molecule has 2 aromatic carbocycles. The minimum atomic E-state index is -2.59. The average Bonchev–Trinajstić information content (AvgIpc) is 2.99. The molecule has 0 aromatic heterocycles. The summed E-state index contributed by atoms with van der Waals surface area (Å²) in [7, 11) is 1.37. The van der Waals surface area contributed by atoms with Crippen LogP contribution in [0.15, 0.2) is 53.3 Å². The van der Waals surface area contributed by atoms with Crippen molar-refractivity contribution >= 4 is 29.3 Å². The molecule has 2 fully saturated rings. The maximum absolute atomic E-state index is 13.7. The Morgan fingerprint density at radius 1 is 1.00 bits per heavy atom. The molecule has 0 bridgehead atoms. The number of carbonyl (C=O) groups is 4. The summed E-state index contributed by atoms with van der Waals surface area (Å²) >= 11 is 0. The predicted molar refractivity (Wildman–Crippen MR) is 156 cm³/mol. The lowest BCUT2D eigenvalue weighted by Gasteiger charge is -2.46. The first kappa shape index (κ1) is 29.4. The Balaban J connectivity index is 1.30. The molecule has 3 aliphatic carbocycles. The number of nitrogens with two attached hydrogens (primary N) is 1. The van der Waals surface area contributed by atoms with Gasteiger partial charge in [0.2, 0.25) is 5.78 Å². The van der Waals surface area contributed by atoms with Gasteiger partial charge in [-0.3, -0.25) is 19.3 Å². The number of hydrogen-bond acceptors (Lipinski definition) is 10. The molecule has 2 amide bonds. The second kappa shape index (κ2) is 10.8. The maximum atomic E-state index is 13.7. The molecule has 3 atom stereocenters. The summed E-state index contributed by atoms with van der Waals surface area (Å²) in [5.41, 5.74) is 4.98. The molecule has 6 N–H and O–H groups in total. The van der Waals surface area contributed by atoms with E-state index in [4.69, 9.17) is 10.5 Å². The quantitative estimate of drug-likeness (QED) is 0.323. The molecule has 230 valence electrons. The Labute approximate surface area is 252 Å². The first-order chi connectivity index (χ1) is 20.9. The number of hydrogen-bond donors (Lipinski definition) is 5. The third-order valence-corrected chi connectivity index (χ3v) is 9.42. The van der Waals surface area contributed by atoms with Gasteiger partial charge in [0.05, 0.1) is 12.7 Å². The highest BCUT2D eigenvalue weighted by atomic mass is 16.5. The zero-order chi connectivity index (χ0) is 31.5. The number of aromatic hydroxyl groups is 1. The molecular formula is C32H33N3O9. The lowest BCUT2D eigenvalue weighted by Crippen LogP contribution is -2.58. The number of piperazine rings is 1. The van der Waals surface area contributed by atoms with E-state index in [1.54, 1.807) is 11.0 Å². The van der Waals surface area contributed by atoms with E-state index in [2.05, 4.69) is 4.90 Å². The Morgan fingerprint density at radius 3 is 2.32 bits per heavy atom. The van der Waals surface area contributed by atoms with Gasteiger partial charge < -0.3 is 35.8 Å². The highest BCUT2D eigenvalue weighted by Crippen LogP contribution is 2.53. The van der Waals surface area contributed by atoms with Gasteiger partial charge in [-0.25, -0.2) is 4.79 Å². The number of ether oxygens (including phenoxy) is 1. The van der Waals surface area contributed by atoms with Crippen LogP contribution in [0.25, 0.3) is 16.9 Å². The third-order valence-electron chi connectivity index (χ3n) is 9.42. The summed E-state index contributed by atoms with van der Waals surface area (Å²) in [6.45, 7) is 3.30. The number of phenols is 1. The molecule has 0 unspecified atom stereocenters. The summed E-state index contributed by atoms with van der Waals surface area (Å²) in [6.07, 6.45) is -0.398. The number of ketones is 2. The van der Waals surface area contributed by atoms with Gasteiger partial charge in [-0.05, 0) is 47.1 Å². The van der Waals surface area contributed by atoms with Crippen molar-refractivity contribution in [1.29, 1.82) is 0 Å². The van der Waals surface area contributed by atoms with Crippen LogP contribution in [0, 0.1) is 11.8 Å². The average molecular weight is 604 g/mol. The van der Waals surface area contributed by atoms with Gasteiger partial charge in [0.25, 0.3) is 5.91 Å². The van der Waals surface area contributed by atoms with Gasteiger partial charge in [-0.1, -0.05) is 30.3 Å². The van der Waals surface area contributed by atoms with Crippen molar-refractivity contribution in [3.63, 3.8) is 0 Å². The summed E-state index contributed by atoms with van der Waals surface area (Å²) in [6, 6.07) is 11.0. The van der Waals surface area contributed by atoms with Crippen LogP contribution in [0.4, 0.5) is 4.79 Å². The Morgan fingerprint density at radius 2 is 1.68 bits per heavy atom. The largest absolute Gasteiger partial charge is 0.508 e. The van der Waals surface area contributed by atoms with E-state index in [-0.39, 0.29) is 42.2 Å². The normalized spacial score (nSPS) is 25.4. The molecule has 12 nitrogen and oxygen atoms in total. The predicted octanol–water partition coefficient (Wildman–Crippen LogP) is 1.97. The summed E-state index contributed by atoms with van der Waals surface area (Å²) in [5, 5.41) is 44.3. The van der Waals surface area contributed by atoms with Crippen LogP contribution in [-0.2, 0) is 32.1 Å². The number of primary amides is 1. The van der Waals surface area contributed by atoms with Gasteiger partial charge in [0, 0.05) is 50.6 Å². The molecule has 6 rings (SSSR count). The molecule has 0 spiro atoms. The second-order valence-electron chi connectivity index (χ2n) is 11.8. The van der Waals surface area contributed by atoms with E-state index < -0.39 is 52.0 Å². The maximum Gasteiger partial charge on any atom is 0.409 e. The van der Waals surface area contributed by atoms with Crippen LogP contribution in [0.1, 0.15) is 29.5 Å². The van der Waals surface area contributed by atoms with Crippen LogP contribution in [-0.4, -0.2) is 92.7 Å². The number of phenolic OH excluding ortho intramolecular Hbond substituents is 1. The zero-order valence-electron chi connectivity index (χ0n) is 24.1. The van der Waals surface area contributed by atoms with Gasteiger partial charge in [0.1, 0.15) is 22.8 Å². The van der Waals surface area contributed by atoms with E-state index in [9.17, 15) is 39.6 Å². The molecule has 0 radical (unpaired) electrons. The van der Waals surface area contributed by atoms with Crippen LogP contribution in [0.5, 0.6) is 5.75 Å². The van der Waals surface area contributed by atoms with Crippen molar-refractivity contribution in [2.45, 2.75) is 31.4 Å². The number of benzene rings is 2. The van der Waals surface area contributed by atoms with E-state index in [1.165, 1.54) is 13.2 Å². The molecule has 1 saturated heterocycles. The molecule has 2 aromatic rings. The SMILES string of the molecule is COC(=O)N1CCN(Cc2ccc(-c3ccc(O)c4c3C[C@H]3C[C@H]5CC(=O)C(C(N)=O)=C(O)[C@@]5(O)C(=O)C3=C4O)cc2)CC1. The number of carbonyl (C=O) groups excluding carboxylic acids is 4.